The number of aryl methyl sites for hydroxylation is 1. The first-order chi connectivity index (χ1) is 10.7. The number of Topliss-reactive ketones (excluding diaryl/α,β-unsaturated/α-hetero) is 1. The fourth-order valence-electron chi connectivity index (χ4n) is 3.10. The monoisotopic (exact) mass is 296 g/mol. The van der Waals surface area contributed by atoms with Gasteiger partial charge in [-0.2, -0.15) is 0 Å². The first kappa shape index (κ1) is 12.9. The Morgan fingerprint density at radius 3 is 3.05 bits per heavy atom. The highest BCUT2D eigenvalue weighted by atomic mass is 19.1. The molecule has 0 N–H and O–H groups in total. The van der Waals surface area contributed by atoms with Crippen LogP contribution in [0, 0.1) is 5.82 Å². The van der Waals surface area contributed by atoms with Gasteiger partial charge in [-0.15, -0.1) is 0 Å². The summed E-state index contributed by atoms with van der Waals surface area (Å²) in [6.07, 6.45) is 6.80. The van der Waals surface area contributed by atoms with Gasteiger partial charge < -0.3 is 9.13 Å². The Morgan fingerprint density at radius 2 is 2.27 bits per heavy atom. The standard InChI is InChI=1S/C16H13FN4O/c1-20-6-5-19-16(20)14(22)7-12-15-10(3-2-4-11(15)17)13-8-18-9-21(12)13/h2-6,8-9,12H,7H2,1H3. The molecule has 0 radical (unpaired) electrons. The van der Waals surface area contributed by atoms with E-state index in [-0.39, 0.29) is 24.1 Å². The van der Waals surface area contributed by atoms with Crippen LogP contribution in [0.4, 0.5) is 4.39 Å². The first-order valence-corrected chi connectivity index (χ1v) is 6.98. The van der Waals surface area contributed by atoms with Crippen molar-refractivity contribution in [3.63, 3.8) is 0 Å². The van der Waals surface area contributed by atoms with E-state index in [1.54, 1.807) is 42.6 Å². The van der Waals surface area contributed by atoms with E-state index >= 15 is 0 Å². The van der Waals surface area contributed by atoms with Crippen molar-refractivity contribution in [3.8, 4) is 11.3 Å². The molecule has 22 heavy (non-hydrogen) atoms. The molecule has 0 spiro atoms. The molecule has 0 saturated carbocycles. The molecule has 1 aromatic carbocycles. The van der Waals surface area contributed by atoms with Crippen LogP contribution in [-0.2, 0) is 7.05 Å². The molecule has 0 saturated heterocycles. The molecule has 3 heterocycles. The molecule has 0 amide bonds. The number of carbonyl (C=O) groups excluding carboxylic acids is 1. The number of rotatable bonds is 3. The lowest BCUT2D eigenvalue weighted by molar-refractivity contribution is 0.0957. The van der Waals surface area contributed by atoms with Crippen molar-refractivity contribution in [3.05, 3.63) is 60.3 Å². The second kappa shape index (κ2) is 4.62. The van der Waals surface area contributed by atoms with E-state index in [2.05, 4.69) is 9.97 Å². The van der Waals surface area contributed by atoms with Crippen LogP contribution in [0.15, 0.2) is 43.1 Å². The van der Waals surface area contributed by atoms with E-state index in [1.807, 2.05) is 10.6 Å². The average Bonchev–Trinajstić information content (AvgIpc) is 3.17. The molecule has 1 aliphatic rings. The van der Waals surface area contributed by atoms with Gasteiger partial charge in [0.2, 0.25) is 5.78 Å². The summed E-state index contributed by atoms with van der Waals surface area (Å²) in [4.78, 5) is 20.7. The van der Waals surface area contributed by atoms with Crippen LogP contribution in [0.3, 0.4) is 0 Å². The Morgan fingerprint density at radius 1 is 1.41 bits per heavy atom. The predicted octanol–water partition coefficient (Wildman–Crippen LogP) is 2.60. The normalized spacial score (nSPS) is 15.6. The van der Waals surface area contributed by atoms with Crippen LogP contribution in [0.2, 0.25) is 0 Å². The summed E-state index contributed by atoms with van der Waals surface area (Å²) >= 11 is 0. The zero-order valence-corrected chi connectivity index (χ0v) is 11.9. The lowest BCUT2D eigenvalue weighted by atomic mass is 9.98. The Kier molecular flexibility index (Phi) is 2.72. The smallest absolute Gasteiger partial charge is 0.200 e. The number of fused-ring (bicyclic) bond motifs is 3. The van der Waals surface area contributed by atoms with E-state index in [9.17, 15) is 9.18 Å². The number of aromatic nitrogens is 4. The number of halogens is 1. The zero-order valence-electron chi connectivity index (χ0n) is 11.9. The van der Waals surface area contributed by atoms with Crippen molar-refractivity contribution >= 4 is 5.78 Å². The van der Waals surface area contributed by atoms with Crippen LogP contribution in [0.1, 0.15) is 28.6 Å². The summed E-state index contributed by atoms with van der Waals surface area (Å²) in [6, 6.07) is 4.58. The van der Waals surface area contributed by atoms with Gasteiger partial charge in [0.25, 0.3) is 0 Å². The summed E-state index contributed by atoms with van der Waals surface area (Å²) in [5, 5.41) is 0. The summed E-state index contributed by atoms with van der Waals surface area (Å²) in [6.45, 7) is 0. The molecule has 5 nitrogen and oxygen atoms in total. The highest BCUT2D eigenvalue weighted by Gasteiger charge is 2.33. The van der Waals surface area contributed by atoms with E-state index in [4.69, 9.17) is 0 Å². The van der Waals surface area contributed by atoms with Gasteiger partial charge in [-0.3, -0.25) is 4.79 Å². The molecule has 1 atom stereocenters. The molecular formula is C16H13FN4O. The van der Waals surface area contributed by atoms with E-state index in [1.165, 1.54) is 6.07 Å². The summed E-state index contributed by atoms with van der Waals surface area (Å²) in [5.74, 6) is -0.0291. The second-order valence-corrected chi connectivity index (χ2v) is 5.39. The number of carbonyl (C=O) groups is 1. The van der Waals surface area contributed by atoms with Crippen molar-refractivity contribution < 1.29 is 9.18 Å². The van der Waals surface area contributed by atoms with Gasteiger partial charge in [0.05, 0.1) is 24.3 Å². The van der Waals surface area contributed by atoms with Crippen LogP contribution in [-0.4, -0.2) is 24.9 Å². The molecule has 0 aliphatic carbocycles. The predicted molar refractivity (Wildman–Crippen MR) is 77.9 cm³/mol. The maximum absolute atomic E-state index is 14.3. The van der Waals surface area contributed by atoms with Crippen molar-refractivity contribution in [2.75, 3.05) is 0 Å². The molecule has 110 valence electrons. The Labute approximate surface area is 126 Å². The molecule has 0 fully saturated rings. The summed E-state index contributed by atoms with van der Waals surface area (Å²) in [7, 11) is 1.77. The third kappa shape index (κ3) is 1.73. The molecule has 3 aromatic rings. The van der Waals surface area contributed by atoms with Crippen LogP contribution < -0.4 is 0 Å². The average molecular weight is 296 g/mol. The van der Waals surface area contributed by atoms with Crippen LogP contribution in [0.25, 0.3) is 11.3 Å². The van der Waals surface area contributed by atoms with Gasteiger partial charge in [-0.1, -0.05) is 12.1 Å². The highest BCUT2D eigenvalue weighted by Crippen LogP contribution is 2.42. The molecular weight excluding hydrogens is 283 g/mol. The van der Waals surface area contributed by atoms with Crippen LogP contribution >= 0.6 is 0 Å². The summed E-state index contributed by atoms with van der Waals surface area (Å²) in [5.41, 5.74) is 2.20. The lowest BCUT2D eigenvalue weighted by Crippen LogP contribution is -2.15. The topological polar surface area (TPSA) is 52.7 Å². The van der Waals surface area contributed by atoms with Crippen molar-refractivity contribution in [2.24, 2.45) is 7.05 Å². The SMILES string of the molecule is Cn1ccnc1C(=O)CC1c2c(F)cccc2-c2cncn21. The largest absolute Gasteiger partial charge is 0.332 e. The number of imidazole rings is 2. The molecule has 2 aromatic heterocycles. The van der Waals surface area contributed by atoms with Crippen molar-refractivity contribution in [2.45, 2.75) is 12.5 Å². The van der Waals surface area contributed by atoms with Gasteiger partial charge in [0.1, 0.15) is 5.82 Å². The molecule has 1 aliphatic heterocycles. The fourth-order valence-corrected chi connectivity index (χ4v) is 3.10. The maximum atomic E-state index is 14.3. The lowest BCUT2D eigenvalue weighted by Gasteiger charge is -2.14. The van der Waals surface area contributed by atoms with Gasteiger partial charge >= 0.3 is 0 Å². The molecule has 0 bridgehead atoms. The number of hydrogen-bond acceptors (Lipinski definition) is 3. The summed E-state index contributed by atoms with van der Waals surface area (Å²) < 4.78 is 17.8. The molecule has 6 heteroatoms. The van der Waals surface area contributed by atoms with Gasteiger partial charge in [0, 0.05) is 37.0 Å². The number of hydrogen-bond donors (Lipinski definition) is 0. The maximum Gasteiger partial charge on any atom is 0.200 e. The highest BCUT2D eigenvalue weighted by molar-refractivity contribution is 5.93. The van der Waals surface area contributed by atoms with Crippen molar-refractivity contribution in [1.29, 1.82) is 0 Å². The van der Waals surface area contributed by atoms with Crippen molar-refractivity contribution in [1.82, 2.24) is 19.1 Å². The second-order valence-electron chi connectivity index (χ2n) is 5.39. The van der Waals surface area contributed by atoms with E-state index < -0.39 is 0 Å². The first-order valence-electron chi connectivity index (χ1n) is 6.98. The Hall–Kier alpha value is -2.76. The fraction of sp³-hybridized carbons (Fsp3) is 0.188. The number of benzene rings is 1. The number of nitrogens with zero attached hydrogens (tertiary/aromatic N) is 4. The third-order valence-corrected chi connectivity index (χ3v) is 4.11. The quantitative estimate of drug-likeness (QED) is 0.698. The van der Waals surface area contributed by atoms with Gasteiger partial charge in [-0.25, -0.2) is 14.4 Å². The zero-order chi connectivity index (χ0) is 15.3. The molecule has 4 rings (SSSR count). The number of ketones is 1. The Bertz CT molecular complexity index is 880. The minimum atomic E-state index is -0.377. The third-order valence-electron chi connectivity index (χ3n) is 4.11. The minimum Gasteiger partial charge on any atom is -0.332 e. The van der Waals surface area contributed by atoms with Gasteiger partial charge in [-0.05, 0) is 6.07 Å². The molecule has 1 unspecified atom stereocenters. The van der Waals surface area contributed by atoms with Crippen LogP contribution in [0.5, 0.6) is 0 Å². The van der Waals surface area contributed by atoms with Gasteiger partial charge in [0.15, 0.2) is 5.82 Å². The van der Waals surface area contributed by atoms with E-state index in [0.29, 0.717) is 11.4 Å². The van der Waals surface area contributed by atoms with E-state index in [0.717, 1.165) is 11.3 Å². The minimum absolute atomic E-state index is 0.117. The Balaban J connectivity index is 1.77.